The minimum absolute atomic E-state index is 0.0171. The van der Waals surface area contributed by atoms with Crippen molar-refractivity contribution in [2.45, 2.75) is 13.3 Å². The Morgan fingerprint density at radius 1 is 1.21 bits per heavy atom. The standard InChI is InChI=1S/C18H16FN3O2/c1-12-5-4-6-13(11-12)17-21-16(24-22-17)9-10-20-18(23)14-7-2-3-8-15(14)19/h2-8,11H,9-10H2,1H3,(H,20,23). The lowest BCUT2D eigenvalue weighted by molar-refractivity contribution is 0.0949. The van der Waals surface area contributed by atoms with Crippen LogP contribution in [0.2, 0.25) is 0 Å². The van der Waals surface area contributed by atoms with E-state index >= 15 is 0 Å². The molecule has 0 radical (unpaired) electrons. The van der Waals surface area contributed by atoms with E-state index in [9.17, 15) is 9.18 Å². The first kappa shape index (κ1) is 15.9. The van der Waals surface area contributed by atoms with Crippen molar-refractivity contribution in [2.75, 3.05) is 6.54 Å². The molecule has 1 N–H and O–H groups in total. The van der Waals surface area contributed by atoms with Gasteiger partial charge in [-0.2, -0.15) is 4.98 Å². The number of carbonyl (C=O) groups excluding carboxylic acids is 1. The number of carbonyl (C=O) groups is 1. The molecule has 1 heterocycles. The lowest BCUT2D eigenvalue weighted by Crippen LogP contribution is -2.26. The summed E-state index contributed by atoms with van der Waals surface area (Å²) in [6, 6.07) is 13.6. The SMILES string of the molecule is Cc1cccc(-c2noc(CCNC(=O)c3ccccc3F)n2)c1. The van der Waals surface area contributed by atoms with Gasteiger partial charge in [0, 0.05) is 18.5 Å². The van der Waals surface area contributed by atoms with Crippen molar-refractivity contribution >= 4 is 5.91 Å². The van der Waals surface area contributed by atoms with Gasteiger partial charge in [-0.25, -0.2) is 4.39 Å². The first-order valence-corrected chi connectivity index (χ1v) is 7.56. The lowest BCUT2D eigenvalue weighted by atomic mass is 10.1. The maximum atomic E-state index is 13.5. The van der Waals surface area contributed by atoms with E-state index in [1.54, 1.807) is 6.07 Å². The Balaban J connectivity index is 1.58. The number of nitrogens with one attached hydrogen (secondary N) is 1. The van der Waals surface area contributed by atoms with Crippen LogP contribution in [-0.4, -0.2) is 22.6 Å². The van der Waals surface area contributed by atoms with Crippen LogP contribution < -0.4 is 5.32 Å². The van der Waals surface area contributed by atoms with Crippen LogP contribution in [0.5, 0.6) is 0 Å². The average Bonchev–Trinajstić information content (AvgIpc) is 3.04. The average molecular weight is 325 g/mol. The monoisotopic (exact) mass is 325 g/mol. The summed E-state index contributed by atoms with van der Waals surface area (Å²) in [6.45, 7) is 2.27. The summed E-state index contributed by atoms with van der Waals surface area (Å²) in [5.41, 5.74) is 2.00. The molecule has 0 saturated heterocycles. The molecule has 0 atom stereocenters. The van der Waals surface area contributed by atoms with Gasteiger partial charge in [0.15, 0.2) is 0 Å². The first-order valence-electron chi connectivity index (χ1n) is 7.56. The third kappa shape index (κ3) is 3.65. The summed E-state index contributed by atoms with van der Waals surface area (Å²) >= 11 is 0. The maximum Gasteiger partial charge on any atom is 0.254 e. The molecule has 0 bridgehead atoms. The number of benzene rings is 2. The molecule has 1 aromatic heterocycles. The maximum absolute atomic E-state index is 13.5. The molecule has 0 aliphatic rings. The molecule has 24 heavy (non-hydrogen) atoms. The molecule has 0 fully saturated rings. The van der Waals surface area contributed by atoms with E-state index in [0.717, 1.165) is 11.1 Å². The van der Waals surface area contributed by atoms with Gasteiger partial charge in [0.25, 0.3) is 5.91 Å². The fourth-order valence-electron chi connectivity index (χ4n) is 2.28. The highest BCUT2D eigenvalue weighted by molar-refractivity contribution is 5.94. The molecule has 3 aromatic rings. The van der Waals surface area contributed by atoms with Crippen LogP contribution >= 0.6 is 0 Å². The Bertz CT molecular complexity index is 861. The number of aryl methyl sites for hydroxylation is 1. The summed E-state index contributed by atoms with van der Waals surface area (Å²) in [6.07, 6.45) is 0.374. The van der Waals surface area contributed by atoms with Crippen molar-refractivity contribution in [3.63, 3.8) is 0 Å². The quantitative estimate of drug-likeness (QED) is 0.782. The highest BCUT2D eigenvalue weighted by Crippen LogP contribution is 2.17. The molecule has 1 amide bonds. The Morgan fingerprint density at radius 2 is 2.04 bits per heavy atom. The number of halogens is 1. The van der Waals surface area contributed by atoms with E-state index in [1.807, 2.05) is 31.2 Å². The Hall–Kier alpha value is -3.02. The third-order valence-electron chi connectivity index (χ3n) is 3.49. The topological polar surface area (TPSA) is 68.0 Å². The zero-order valence-electron chi connectivity index (χ0n) is 13.1. The van der Waals surface area contributed by atoms with E-state index in [2.05, 4.69) is 15.5 Å². The zero-order valence-corrected chi connectivity index (χ0v) is 13.1. The number of nitrogens with zero attached hydrogens (tertiary/aromatic N) is 2. The van der Waals surface area contributed by atoms with Gasteiger partial charge in [-0.3, -0.25) is 4.79 Å². The van der Waals surface area contributed by atoms with Crippen LogP contribution in [0.1, 0.15) is 21.8 Å². The van der Waals surface area contributed by atoms with Crippen molar-refractivity contribution in [3.05, 3.63) is 71.4 Å². The highest BCUT2D eigenvalue weighted by Gasteiger charge is 2.12. The molecule has 6 heteroatoms. The van der Waals surface area contributed by atoms with Crippen LogP contribution in [0.15, 0.2) is 53.1 Å². The van der Waals surface area contributed by atoms with Gasteiger partial charge in [-0.1, -0.05) is 41.1 Å². The summed E-state index contributed by atoms with van der Waals surface area (Å²) in [5.74, 6) is -0.0875. The van der Waals surface area contributed by atoms with Gasteiger partial charge < -0.3 is 9.84 Å². The molecular weight excluding hydrogens is 309 g/mol. The summed E-state index contributed by atoms with van der Waals surface area (Å²) in [7, 11) is 0. The van der Waals surface area contributed by atoms with Crippen molar-refractivity contribution in [2.24, 2.45) is 0 Å². The predicted molar refractivity (Wildman–Crippen MR) is 86.9 cm³/mol. The van der Waals surface area contributed by atoms with E-state index in [1.165, 1.54) is 18.2 Å². The summed E-state index contributed by atoms with van der Waals surface area (Å²) < 4.78 is 18.7. The molecule has 0 spiro atoms. The fourth-order valence-corrected chi connectivity index (χ4v) is 2.28. The van der Waals surface area contributed by atoms with Gasteiger partial charge in [0.1, 0.15) is 5.82 Å². The Labute approximate surface area is 138 Å². The van der Waals surface area contributed by atoms with Crippen LogP contribution in [0.25, 0.3) is 11.4 Å². The molecule has 2 aromatic carbocycles. The second-order valence-corrected chi connectivity index (χ2v) is 5.37. The number of amides is 1. The van der Waals surface area contributed by atoms with Gasteiger partial charge in [0.05, 0.1) is 5.56 Å². The van der Waals surface area contributed by atoms with Crippen molar-refractivity contribution in [1.29, 1.82) is 0 Å². The van der Waals surface area contributed by atoms with E-state index in [0.29, 0.717) is 18.1 Å². The molecule has 0 unspecified atom stereocenters. The fraction of sp³-hybridized carbons (Fsp3) is 0.167. The molecule has 0 aliphatic heterocycles. The van der Waals surface area contributed by atoms with Crippen LogP contribution in [0, 0.1) is 12.7 Å². The van der Waals surface area contributed by atoms with Crippen LogP contribution in [0.3, 0.4) is 0 Å². The molecule has 5 nitrogen and oxygen atoms in total. The Morgan fingerprint density at radius 3 is 2.83 bits per heavy atom. The second-order valence-electron chi connectivity index (χ2n) is 5.37. The van der Waals surface area contributed by atoms with Crippen LogP contribution in [-0.2, 0) is 6.42 Å². The summed E-state index contributed by atoms with van der Waals surface area (Å²) in [5, 5.41) is 6.58. The smallest absolute Gasteiger partial charge is 0.254 e. The Kier molecular flexibility index (Phi) is 4.65. The van der Waals surface area contributed by atoms with Crippen molar-refractivity contribution < 1.29 is 13.7 Å². The van der Waals surface area contributed by atoms with Crippen molar-refractivity contribution in [1.82, 2.24) is 15.5 Å². The van der Waals surface area contributed by atoms with E-state index in [4.69, 9.17) is 4.52 Å². The van der Waals surface area contributed by atoms with Crippen LogP contribution in [0.4, 0.5) is 4.39 Å². The molecule has 0 saturated carbocycles. The highest BCUT2D eigenvalue weighted by atomic mass is 19.1. The lowest BCUT2D eigenvalue weighted by Gasteiger charge is -2.04. The number of hydrogen-bond acceptors (Lipinski definition) is 4. The third-order valence-corrected chi connectivity index (χ3v) is 3.49. The van der Waals surface area contributed by atoms with Gasteiger partial charge in [0.2, 0.25) is 11.7 Å². The molecule has 122 valence electrons. The second kappa shape index (κ2) is 7.04. The van der Waals surface area contributed by atoms with E-state index < -0.39 is 11.7 Å². The zero-order chi connectivity index (χ0) is 16.9. The summed E-state index contributed by atoms with van der Waals surface area (Å²) in [4.78, 5) is 16.2. The van der Waals surface area contributed by atoms with Crippen molar-refractivity contribution in [3.8, 4) is 11.4 Å². The van der Waals surface area contributed by atoms with Gasteiger partial charge >= 0.3 is 0 Å². The first-order chi connectivity index (χ1) is 11.6. The number of aromatic nitrogens is 2. The predicted octanol–water partition coefficient (Wildman–Crippen LogP) is 3.16. The van der Waals surface area contributed by atoms with Gasteiger partial charge in [-0.05, 0) is 25.1 Å². The normalized spacial score (nSPS) is 10.6. The minimum Gasteiger partial charge on any atom is -0.351 e. The number of rotatable bonds is 5. The number of hydrogen-bond donors (Lipinski definition) is 1. The molecular formula is C18H16FN3O2. The largest absolute Gasteiger partial charge is 0.351 e. The molecule has 3 rings (SSSR count). The van der Waals surface area contributed by atoms with E-state index in [-0.39, 0.29) is 12.1 Å². The molecule has 0 aliphatic carbocycles. The minimum atomic E-state index is -0.547. The van der Waals surface area contributed by atoms with Gasteiger partial charge in [-0.15, -0.1) is 0 Å².